The van der Waals surface area contributed by atoms with Crippen LogP contribution in [0.1, 0.15) is 20.3 Å². The first-order valence-electron chi connectivity index (χ1n) is 5.69. The Morgan fingerprint density at radius 1 is 1.44 bits per heavy atom. The highest BCUT2D eigenvalue weighted by Gasteiger charge is 2.34. The van der Waals surface area contributed by atoms with Crippen LogP contribution in [0, 0.1) is 5.41 Å². The zero-order chi connectivity index (χ0) is 13.8. The molecule has 1 rings (SSSR count). The van der Waals surface area contributed by atoms with Crippen molar-refractivity contribution in [3.63, 3.8) is 0 Å². The Morgan fingerprint density at radius 3 is 2.39 bits per heavy atom. The van der Waals surface area contributed by atoms with Crippen LogP contribution in [0.25, 0.3) is 0 Å². The molecular formula is C13H18N2O2S. The third kappa shape index (κ3) is 2.98. The summed E-state index contributed by atoms with van der Waals surface area (Å²) in [5.74, 6) is 0.545. The summed E-state index contributed by atoms with van der Waals surface area (Å²) in [6, 6.07) is 7.10. The van der Waals surface area contributed by atoms with Crippen molar-refractivity contribution in [2.24, 2.45) is 11.1 Å². The highest BCUT2D eigenvalue weighted by Crippen LogP contribution is 2.24. The van der Waals surface area contributed by atoms with Crippen LogP contribution in [0.15, 0.2) is 24.3 Å². The van der Waals surface area contributed by atoms with Crippen LogP contribution in [-0.2, 0) is 4.79 Å². The average molecular weight is 266 g/mol. The second-order valence-corrected chi connectivity index (χ2v) is 4.67. The molecule has 0 aliphatic rings. The molecule has 1 amide bonds. The van der Waals surface area contributed by atoms with Crippen molar-refractivity contribution in [3.8, 4) is 5.75 Å². The number of hydrogen-bond donors (Lipinski definition) is 2. The normalized spacial score (nSPS) is 13.5. The summed E-state index contributed by atoms with van der Waals surface area (Å²) in [6.07, 6.45) is 0.560. The van der Waals surface area contributed by atoms with E-state index in [0.29, 0.717) is 12.1 Å². The molecule has 4 nitrogen and oxygen atoms in total. The standard InChI is InChI=1S/C13H18N2O2S/c1-4-13(2,11(14)18)12(16)15-9-5-7-10(17-3)8-6-9/h5-8H,4H2,1-3H3,(H2,14,18)(H,15,16). The number of thiocarbonyl (C=S) groups is 1. The molecule has 0 aliphatic heterocycles. The van der Waals surface area contributed by atoms with Gasteiger partial charge >= 0.3 is 0 Å². The smallest absolute Gasteiger partial charge is 0.237 e. The zero-order valence-corrected chi connectivity index (χ0v) is 11.6. The van der Waals surface area contributed by atoms with Crippen LogP contribution >= 0.6 is 12.2 Å². The van der Waals surface area contributed by atoms with Gasteiger partial charge in [-0.2, -0.15) is 0 Å². The lowest BCUT2D eigenvalue weighted by atomic mass is 9.86. The van der Waals surface area contributed by atoms with Crippen molar-refractivity contribution in [1.29, 1.82) is 0 Å². The minimum Gasteiger partial charge on any atom is -0.497 e. The molecule has 1 atom stereocenters. The number of ether oxygens (including phenoxy) is 1. The van der Waals surface area contributed by atoms with Gasteiger partial charge in [-0.25, -0.2) is 0 Å². The number of nitrogens with one attached hydrogen (secondary N) is 1. The predicted molar refractivity (Wildman–Crippen MR) is 76.8 cm³/mol. The van der Waals surface area contributed by atoms with Crippen LogP contribution in [0.5, 0.6) is 5.75 Å². The fourth-order valence-corrected chi connectivity index (χ4v) is 1.63. The van der Waals surface area contributed by atoms with Crippen molar-refractivity contribution in [3.05, 3.63) is 24.3 Å². The van der Waals surface area contributed by atoms with E-state index in [4.69, 9.17) is 22.7 Å². The SMILES string of the molecule is CCC(C)(C(=O)Nc1ccc(OC)cc1)C(N)=S. The van der Waals surface area contributed by atoms with E-state index in [0.717, 1.165) is 5.75 Å². The Labute approximate surface area is 113 Å². The van der Waals surface area contributed by atoms with Crippen molar-refractivity contribution < 1.29 is 9.53 Å². The lowest BCUT2D eigenvalue weighted by Gasteiger charge is -2.25. The van der Waals surface area contributed by atoms with Crippen LogP contribution in [-0.4, -0.2) is 18.0 Å². The molecule has 0 aromatic heterocycles. The van der Waals surface area contributed by atoms with Gasteiger partial charge in [-0.1, -0.05) is 19.1 Å². The maximum absolute atomic E-state index is 12.2. The summed E-state index contributed by atoms with van der Waals surface area (Å²) < 4.78 is 5.05. The molecule has 0 radical (unpaired) electrons. The second-order valence-electron chi connectivity index (χ2n) is 4.23. The molecule has 0 aliphatic carbocycles. The second kappa shape index (κ2) is 5.82. The van der Waals surface area contributed by atoms with Crippen LogP contribution < -0.4 is 15.8 Å². The van der Waals surface area contributed by atoms with Gasteiger partial charge < -0.3 is 15.8 Å². The van der Waals surface area contributed by atoms with E-state index in [1.54, 1.807) is 38.3 Å². The van der Waals surface area contributed by atoms with E-state index < -0.39 is 5.41 Å². The molecule has 1 unspecified atom stereocenters. The number of benzene rings is 1. The molecular weight excluding hydrogens is 248 g/mol. The lowest BCUT2D eigenvalue weighted by molar-refractivity contribution is -0.121. The van der Waals surface area contributed by atoms with Crippen molar-refractivity contribution >= 4 is 28.8 Å². The highest BCUT2D eigenvalue weighted by molar-refractivity contribution is 7.80. The monoisotopic (exact) mass is 266 g/mol. The molecule has 1 aromatic rings. The molecule has 98 valence electrons. The highest BCUT2D eigenvalue weighted by atomic mass is 32.1. The molecule has 0 fully saturated rings. The average Bonchev–Trinajstić information content (AvgIpc) is 2.38. The first-order chi connectivity index (χ1) is 8.43. The minimum atomic E-state index is -0.824. The number of rotatable bonds is 5. The molecule has 18 heavy (non-hydrogen) atoms. The Morgan fingerprint density at radius 2 is 2.00 bits per heavy atom. The fourth-order valence-electron chi connectivity index (χ4n) is 1.39. The zero-order valence-electron chi connectivity index (χ0n) is 10.8. The summed E-state index contributed by atoms with van der Waals surface area (Å²) >= 11 is 4.96. The van der Waals surface area contributed by atoms with E-state index in [1.807, 2.05) is 6.92 Å². The van der Waals surface area contributed by atoms with Gasteiger partial charge in [0.2, 0.25) is 5.91 Å². The summed E-state index contributed by atoms with van der Waals surface area (Å²) in [4.78, 5) is 12.4. The Hall–Kier alpha value is -1.62. The number of carbonyl (C=O) groups is 1. The Balaban J connectivity index is 2.83. The maximum Gasteiger partial charge on any atom is 0.237 e. The van der Waals surface area contributed by atoms with Gasteiger partial charge in [-0.3, -0.25) is 4.79 Å². The van der Waals surface area contributed by atoms with Gasteiger partial charge in [0.1, 0.15) is 5.75 Å². The third-order valence-corrected chi connectivity index (χ3v) is 3.55. The lowest BCUT2D eigenvalue weighted by Crippen LogP contribution is -2.43. The molecule has 0 spiro atoms. The molecule has 5 heteroatoms. The van der Waals surface area contributed by atoms with Gasteiger partial charge in [0.05, 0.1) is 17.5 Å². The molecule has 0 heterocycles. The number of nitrogens with two attached hydrogens (primary N) is 1. The van der Waals surface area contributed by atoms with Crippen LogP contribution in [0.2, 0.25) is 0 Å². The van der Waals surface area contributed by atoms with E-state index in [1.165, 1.54) is 0 Å². The Kier molecular flexibility index (Phi) is 4.67. The molecule has 0 saturated carbocycles. The van der Waals surface area contributed by atoms with Gasteiger partial charge in [0.25, 0.3) is 0 Å². The van der Waals surface area contributed by atoms with E-state index >= 15 is 0 Å². The maximum atomic E-state index is 12.2. The van der Waals surface area contributed by atoms with Crippen molar-refractivity contribution in [2.75, 3.05) is 12.4 Å². The molecule has 3 N–H and O–H groups in total. The summed E-state index contributed by atoms with van der Waals surface area (Å²) in [5.41, 5.74) is 5.50. The number of carbonyl (C=O) groups excluding carboxylic acids is 1. The third-order valence-electron chi connectivity index (χ3n) is 3.10. The summed E-state index contributed by atoms with van der Waals surface area (Å²) in [7, 11) is 1.59. The van der Waals surface area contributed by atoms with Crippen molar-refractivity contribution in [1.82, 2.24) is 0 Å². The summed E-state index contributed by atoms with van der Waals surface area (Å²) in [5, 5.41) is 2.80. The fraction of sp³-hybridized carbons (Fsp3) is 0.385. The predicted octanol–water partition coefficient (Wildman–Crippen LogP) is 2.34. The van der Waals surface area contributed by atoms with Crippen LogP contribution in [0.4, 0.5) is 5.69 Å². The first-order valence-corrected chi connectivity index (χ1v) is 6.10. The van der Waals surface area contributed by atoms with E-state index in [2.05, 4.69) is 5.32 Å². The van der Waals surface area contributed by atoms with Gasteiger partial charge in [-0.05, 0) is 37.6 Å². The Bertz CT molecular complexity index is 445. The van der Waals surface area contributed by atoms with Gasteiger partial charge in [0, 0.05) is 5.69 Å². The molecule has 1 aromatic carbocycles. The van der Waals surface area contributed by atoms with Gasteiger partial charge in [0.15, 0.2) is 0 Å². The number of methoxy groups -OCH3 is 1. The quantitative estimate of drug-likeness (QED) is 0.803. The van der Waals surface area contributed by atoms with Crippen molar-refractivity contribution in [2.45, 2.75) is 20.3 Å². The van der Waals surface area contributed by atoms with Crippen LogP contribution in [0.3, 0.4) is 0 Å². The molecule has 0 saturated heterocycles. The topological polar surface area (TPSA) is 64.3 Å². The van der Waals surface area contributed by atoms with E-state index in [-0.39, 0.29) is 10.9 Å². The number of anilines is 1. The largest absolute Gasteiger partial charge is 0.497 e. The first kappa shape index (κ1) is 14.4. The minimum absolute atomic E-state index is 0.192. The molecule has 0 bridgehead atoms. The van der Waals surface area contributed by atoms with Gasteiger partial charge in [-0.15, -0.1) is 0 Å². The van der Waals surface area contributed by atoms with E-state index in [9.17, 15) is 4.79 Å². The summed E-state index contributed by atoms with van der Waals surface area (Å²) in [6.45, 7) is 3.63. The number of amides is 1. The number of hydrogen-bond acceptors (Lipinski definition) is 3.